The Morgan fingerprint density at radius 1 is 1.02 bits per heavy atom. The topological polar surface area (TPSA) is 108 Å². The van der Waals surface area contributed by atoms with Gasteiger partial charge in [0.15, 0.2) is 0 Å². The van der Waals surface area contributed by atoms with E-state index in [1.165, 1.54) is 5.56 Å². The number of piperazine rings is 1. The van der Waals surface area contributed by atoms with Crippen molar-refractivity contribution in [2.45, 2.75) is 96.5 Å². The van der Waals surface area contributed by atoms with Gasteiger partial charge in [-0.25, -0.2) is 13.1 Å². The van der Waals surface area contributed by atoms with Crippen molar-refractivity contribution in [1.82, 2.24) is 14.5 Å². The second kappa shape index (κ2) is 17.5. The molecule has 0 aromatic heterocycles. The van der Waals surface area contributed by atoms with Gasteiger partial charge in [-0.15, -0.1) is 0 Å². The van der Waals surface area contributed by atoms with Crippen molar-refractivity contribution in [3.63, 3.8) is 0 Å². The number of fused-ring (bicyclic) bond motifs is 3. The lowest BCUT2D eigenvalue weighted by Crippen LogP contribution is -2.59. The van der Waals surface area contributed by atoms with E-state index in [1.54, 1.807) is 32.0 Å². The summed E-state index contributed by atoms with van der Waals surface area (Å²) >= 11 is 6.39. The van der Waals surface area contributed by atoms with Gasteiger partial charge in [0.25, 0.3) is 5.91 Å². The summed E-state index contributed by atoms with van der Waals surface area (Å²) in [7, 11) is -3.80. The van der Waals surface area contributed by atoms with Crippen LogP contribution < -0.4 is 14.4 Å². The van der Waals surface area contributed by atoms with Crippen molar-refractivity contribution in [1.29, 1.82) is 0 Å². The van der Waals surface area contributed by atoms with Gasteiger partial charge < -0.3 is 19.3 Å². The standard InChI is InChI=1S/C40H57ClN4O6S/c1-4-5-8-30(23-39(46)45-18-17-43-19-20-50-27-35(43)25-45)36-14-11-32(36)24-44-16-7-6-9-29-21-34(41)13-10-33(29)26-51-38-15-12-31(22-37(38)44)40(47)42-52(48,49)28(2)3/h10,12-13,15,21-22,28,30,32,35-36H,4-9,11,14,16-20,23-27H2,1-3H3,(H,42,47)/t30-,32-,35+,36-/m0/s1. The van der Waals surface area contributed by atoms with E-state index in [0.717, 1.165) is 108 Å². The highest BCUT2D eigenvalue weighted by Gasteiger charge is 2.40. The van der Waals surface area contributed by atoms with Crippen molar-refractivity contribution in [3.8, 4) is 5.75 Å². The fourth-order valence-corrected chi connectivity index (χ4v) is 9.18. The van der Waals surface area contributed by atoms with Crippen LogP contribution in [0, 0.1) is 17.8 Å². The third-order valence-electron chi connectivity index (χ3n) is 11.8. The first-order valence-electron chi connectivity index (χ1n) is 19.5. The number of anilines is 1. The monoisotopic (exact) mass is 756 g/mol. The second-order valence-corrected chi connectivity index (χ2v) is 18.2. The number of benzene rings is 2. The molecular formula is C40H57ClN4O6S. The molecule has 286 valence electrons. The zero-order chi connectivity index (χ0) is 36.8. The fourth-order valence-electron chi connectivity index (χ4n) is 8.37. The van der Waals surface area contributed by atoms with Crippen LogP contribution in [0.15, 0.2) is 36.4 Å². The molecule has 3 fully saturated rings. The van der Waals surface area contributed by atoms with Gasteiger partial charge in [-0.3, -0.25) is 14.5 Å². The Bertz CT molecular complexity index is 1670. The van der Waals surface area contributed by atoms with Gasteiger partial charge in [-0.2, -0.15) is 0 Å². The van der Waals surface area contributed by atoms with Crippen LogP contribution in [0.3, 0.4) is 0 Å². The van der Waals surface area contributed by atoms with Crippen molar-refractivity contribution < 1.29 is 27.5 Å². The number of nitrogens with one attached hydrogen (secondary N) is 1. The van der Waals surface area contributed by atoms with Crippen molar-refractivity contribution in [3.05, 3.63) is 58.1 Å². The number of nitrogens with zero attached hydrogens (tertiary/aromatic N) is 3. The van der Waals surface area contributed by atoms with Crippen LogP contribution in [0.4, 0.5) is 5.69 Å². The molecule has 2 saturated heterocycles. The van der Waals surface area contributed by atoms with Crippen LogP contribution in [-0.4, -0.2) is 93.8 Å². The van der Waals surface area contributed by atoms with Crippen LogP contribution in [0.5, 0.6) is 5.75 Å². The van der Waals surface area contributed by atoms with Gasteiger partial charge in [0.2, 0.25) is 15.9 Å². The Labute approximate surface area is 315 Å². The molecule has 0 spiro atoms. The van der Waals surface area contributed by atoms with Crippen molar-refractivity contribution in [2.75, 3.05) is 57.4 Å². The van der Waals surface area contributed by atoms with Crippen LogP contribution in [0.25, 0.3) is 0 Å². The molecule has 52 heavy (non-hydrogen) atoms. The number of halogens is 1. The number of aryl methyl sites for hydroxylation is 1. The van der Waals surface area contributed by atoms with E-state index < -0.39 is 21.2 Å². The summed E-state index contributed by atoms with van der Waals surface area (Å²) in [5, 5.41) is -0.0285. The molecule has 10 nitrogen and oxygen atoms in total. The summed E-state index contributed by atoms with van der Waals surface area (Å²) in [6, 6.07) is 11.5. The van der Waals surface area contributed by atoms with Crippen molar-refractivity contribution >= 4 is 39.1 Å². The number of morpholine rings is 1. The first kappa shape index (κ1) is 38.9. The smallest absolute Gasteiger partial charge is 0.264 e. The van der Waals surface area contributed by atoms with Crippen LogP contribution in [0.1, 0.15) is 93.6 Å². The third-order valence-corrected chi connectivity index (χ3v) is 13.7. The highest BCUT2D eigenvalue weighted by atomic mass is 35.5. The quantitative estimate of drug-likeness (QED) is 0.285. The Morgan fingerprint density at radius 2 is 1.87 bits per heavy atom. The van der Waals surface area contributed by atoms with Crippen LogP contribution >= 0.6 is 11.6 Å². The molecule has 1 aliphatic carbocycles. The van der Waals surface area contributed by atoms with Crippen molar-refractivity contribution in [2.24, 2.45) is 17.8 Å². The lowest BCUT2D eigenvalue weighted by Gasteiger charge is -2.46. The molecule has 0 bridgehead atoms. The van der Waals surface area contributed by atoms with Crippen LogP contribution in [-0.2, 0) is 32.6 Å². The van der Waals surface area contributed by atoms with E-state index in [4.69, 9.17) is 21.1 Å². The summed E-state index contributed by atoms with van der Waals surface area (Å²) in [5.74, 6) is 1.44. The molecule has 4 atom stereocenters. The van der Waals surface area contributed by atoms with E-state index >= 15 is 0 Å². The number of rotatable bonds is 11. The highest BCUT2D eigenvalue weighted by molar-refractivity contribution is 7.90. The molecule has 0 unspecified atom stereocenters. The Kier molecular flexibility index (Phi) is 13.1. The van der Waals surface area contributed by atoms with Gasteiger partial charge in [-0.05, 0) is 112 Å². The predicted molar refractivity (Wildman–Crippen MR) is 206 cm³/mol. The Balaban J connectivity index is 1.23. The lowest BCUT2D eigenvalue weighted by molar-refractivity contribution is -0.139. The van der Waals surface area contributed by atoms with E-state index in [1.807, 2.05) is 18.2 Å². The second-order valence-electron chi connectivity index (χ2n) is 15.5. The van der Waals surface area contributed by atoms with E-state index in [0.29, 0.717) is 54.2 Å². The summed E-state index contributed by atoms with van der Waals surface area (Å²) < 4.78 is 39.8. The van der Waals surface area contributed by atoms with Gasteiger partial charge in [0, 0.05) is 56.3 Å². The average Bonchev–Trinajstić information content (AvgIpc) is 3.15. The largest absolute Gasteiger partial charge is 0.487 e. The SMILES string of the molecule is CCCC[C@@H](CC(=O)N1CCN2CCOC[C@H]2C1)[C@@H]1CC[C@H]1CN1CCCCc2cc(Cl)ccc2COc2ccc(C(=O)NS(=O)(=O)C(C)C)cc21. The molecule has 1 N–H and O–H groups in total. The maximum Gasteiger partial charge on any atom is 0.264 e. The van der Waals surface area contributed by atoms with Gasteiger partial charge in [0.05, 0.1) is 30.2 Å². The molecule has 3 aliphatic heterocycles. The molecular weight excluding hydrogens is 700 g/mol. The van der Waals surface area contributed by atoms with Crippen LogP contribution in [0.2, 0.25) is 5.02 Å². The summed E-state index contributed by atoms with van der Waals surface area (Å²) in [6.45, 7) is 12.1. The number of unbranched alkanes of at least 4 members (excludes halogenated alkanes) is 1. The first-order valence-corrected chi connectivity index (χ1v) is 21.4. The zero-order valence-corrected chi connectivity index (χ0v) is 32.7. The summed E-state index contributed by atoms with van der Waals surface area (Å²) in [5.41, 5.74) is 3.33. The molecule has 12 heteroatoms. The number of carbonyl (C=O) groups is 2. The number of hydrogen-bond donors (Lipinski definition) is 1. The number of carbonyl (C=O) groups excluding carboxylic acids is 2. The molecule has 0 radical (unpaired) electrons. The third kappa shape index (κ3) is 9.43. The molecule has 4 aliphatic rings. The minimum atomic E-state index is -3.80. The molecule has 6 rings (SSSR count). The minimum Gasteiger partial charge on any atom is -0.487 e. The van der Waals surface area contributed by atoms with E-state index in [2.05, 4.69) is 26.3 Å². The maximum absolute atomic E-state index is 13.8. The van der Waals surface area contributed by atoms with E-state index in [-0.39, 0.29) is 11.5 Å². The normalized spacial score (nSPS) is 23.3. The predicted octanol–water partition coefficient (Wildman–Crippen LogP) is 6.30. The number of hydrogen-bond acceptors (Lipinski definition) is 8. The lowest BCUT2D eigenvalue weighted by atomic mass is 9.64. The molecule has 3 heterocycles. The van der Waals surface area contributed by atoms with Gasteiger partial charge in [0.1, 0.15) is 12.4 Å². The van der Waals surface area contributed by atoms with E-state index in [9.17, 15) is 18.0 Å². The zero-order valence-electron chi connectivity index (χ0n) is 31.2. The molecule has 2 aromatic carbocycles. The Morgan fingerprint density at radius 3 is 2.63 bits per heavy atom. The Hall–Kier alpha value is -2.86. The van der Waals surface area contributed by atoms with Gasteiger partial charge in [-0.1, -0.05) is 37.4 Å². The average molecular weight is 757 g/mol. The number of sulfonamides is 1. The first-order chi connectivity index (χ1) is 25.0. The van der Waals surface area contributed by atoms with Gasteiger partial charge >= 0.3 is 0 Å². The molecule has 2 amide bonds. The molecule has 1 saturated carbocycles. The highest BCUT2D eigenvalue weighted by Crippen LogP contribution is 2.45. The fraction of sp³-hybridized carbons (Fsp3) is 0.650. The maximum atomic E-state index is 13.8. The molecule has 2 aromatic rings. The summed E-state index contributed by atoms with van der Waals surface area (Å²) in [6.07, 6.45) is 8.81. The summed E-state index contributed by atoms with van der Waals surface area (Å²) in [4.78, 5) is 34.1. The number of ether oxygens (including phenoxy) is 2. The minimum absolute atomic E-state index is 0.276. The number of amides is 2.